The van der Waals surface area contributed by atoms with E-state index < -0.39 is 0 Å². The van der Waals surface area contributed by atoms with E-state index in [2.05, 4.69) is 100 Å². The van der Waals surface area contributed by atoms with Crippen LogP contribution in [-0.2, 0) is 0 Å². The van der Waals surface area contributed by atoms with E-state index in [1.54, 1.807) is 0 Å². The first kappa shape index (κ1) is 20.0. The van der Waals surface area contributed by atoms with Crippen molar-refractivity contribution in [3.63, 3.8) is 0 Å². The highest BCUT2D eigenvalue weighted by Gasteiger charge is 2.28. The minimum Gasteiger partial charge on any atom is -0.494 e. The van der Waals surface area contributed by atoms with Gasteiger partial charge in [0.2, 0.25) is 0 Å². The molecule has 0 bridgehead atoms. The van der Waals surface area contributed by atoms with Crippen molar-refractivity contribution in [2.75, 3.05) is 6.61 Å². The van der Waals surface area contributed by atoms with Crippen LogP contribution in [0.4, 0.5) is 0 Å². The van der Waals surface area contributed by atoms with Crippen LogP contribution in [-0.4, -0.2) is 16.6 Å². The van der Waals surface area contributed by atoms with E-state index in [0.29, 0.717) is 6.61 Å². The molecule has 2 heterocycles. The number of aromatic nitrogens is 2. The van der Waals surface area contributed by atoms with Gasteiger partial charge >= 0.3 is 0 Å². The summed E-state index contributed by atoms with van der Waals surface area (Å²) in [7, 11) is 0. The van der Waals surface area contributed by atoms with E-state index in [1.165, 1.54) is 38.9 Å². The second-order valence-electron chi connectivity index (χ2n) is 7.97. The summed E-state index contributed by atoms with van der Waals surface area (Å²) >= 11 is 3.85. The lowest BCUT2D eigenvalue weighted by Gasteiger charge is -2.22. The van der Waals surface area contributed by atoms with Gasteiger partial charge in [0.05, 0.1) is 6.61 Å². The molecule has 0 fully saturated rings. The number of para-hydroxylation sites is 2. The Kier molecular flexibility index (Phi) is 5.11. The van der Waals surface area contributed by atoms with Crippen molar-refractivity contribution in [2.45, 2.75) is 26.7 Å². The smallest absolute Gasteiger partial charge is 0.119 e. The van der Waals surface area contributed by atoms with Crippen molar-refractivity contribution in [3.8, 4) is 5.75 Å². The average molecular weight is 473 g/mol. The van der Waals surface area contributed by atoms with Crippen molar-refractivity contribution in [1.82, 2.24) is 9.97 Å². The van der Waals surface area contributed by atoms with Gasteiger partial charge in [-0.3, -0.25) is 0 Å². The maximum absolute atomic E-state index is 5.89. The van der Waals surface area contributed by atoms with Crippen LogP contribution >= 0.6 is 15.9 Å². The topological polar surface area (TPSA) is 40.8 Å². The van der Waals surface area contributed by atoms with Gasteiger partial charge in [-0.05, 0) is 67.8 Å². The fourth-order valence-corrected chi connectivity index (χ4v) is 5.27. The average Bonchev–Trinajstić information content (AvgIpc) is 3.27. The molecule has 0 saturated heterocycles. The molecule has 4 heteroatoms. The van der Waals surface area contributed by atoms with Crippen LogP contribution in [0.3, 0.4) is 0 Å². The van der Waals surface area contributed by atoms with Crippen molar-refractivity contribution in [3.05, 3.63) is 99.3 Å². The minimum atomic E-state index is 0.0436. The highest BCUT2D eigenvalue weighted by molar-refractivity contribution is 9.10. The van der Waals surface area contributed by atoms with E-state index in [-0.39, 0.29) is 5.92 Å². The Bertz CT molecular complexity index is 1320. The second kappa shape index (κ2) is 7.93. The van der Waals surface area contributed by atoms with Crippen LogP contribution in [0.2, 0.25) is 0 Å². The molecule has 0 amide bonds. The fourth-order valence-electron chi connectivity index (χ4n) is 4.80. The minimum absolute atomic E-state index is 0.0436. The second-order valence-corrected chi connectivity index (χ2v) is 8.82. The summed E-state index contributed by atoms with van der Waals surface area (Å²) in [5.74, 6) is 0.933. The van der Waals surface area contributed by atoms with Gasteiger partial charge in [0.15, 0.2) is 0 Å². The molecule has 3 nitrogen and oxygen atoms in total. The predicted molar refractivity (Wildman–Crippen MR) is 132 cm³/mol. The van der Waals surface area contributed by atoms with Crippen LogP contribution in [0.15, 0.2) is 71.2 Å². The SMILES string of the molecule is CCOc1ccc(Br)c(C(c2c(C)[nH]c3ccccc23)c2c(C)[nH]c3ccccc23)c1. The molecule has 156 valence electrons. The van der Waals surface area contributed by atoms with Crippen molar-refractivity contribution in [1.29, 1.82) is 0 Å². The Morgan fingerprint density at radius 3 is 1.90 bits per heavy atom. The Morgan fingerprint density at radius 2 is 1.35 bits per heavy atom. The van der Waals surface area contributed by atoms with E-state index >= 15 is 0 Å². The molecule has 0 unspecified atom stereocenters. The number of H-pyrrole nitrogens is 2. The number of aromatic amines is 2. The first-order valence-corrected chi connectivity index (χ1v) is 11.4. The number of fused-ring (bicyclic) bond motifs is 2. The zero-order chi connectivity index (χ0) is 21.5. The van der Waals surface area contributed by atoms with Crippen LogP contribution in [0.1, 0.15) is 40.9 Å². The third-order valence-corrected chi connectivity index (χ3v) is 6.78. The Morgan fingerprint density at radius 1 is 0.806 bits per heavy atom. The Labute approximate surface area is 190 Å². The van der Waals surface area contributed by atoms with E-state index in [1.807, 2.05) is 13.0 Å². The molecule has 5 aromatic rings. The van der Waals surface area contributed by atoms with Gasteiger partial charge in [-0.15, -0.1) is 0 Å². The number of aryl methyl sites for hydroxylation is 2. The summed E-state index contributed by atoms with van der Waals surface area (Å²) in [5.41, 5.74) is 8.50. The zero-order valence-corrected chi connectivity index (χ0v) is 19.5. The molecule has 0 aliphatic rings. The molecule has 0 radical (unpaired) electrons. The van der Waals surface area contributed by atoms with Crippen molar-refractivity contribution < 1.29 is 4.74 Å². The number of benzene rings is 3. The third kappa shape index (κ3) is 3.35. The van der Waals surface area contributed by atoms with E-state index in [9.17, 15) is 0 Å². The first-order chi connectivity index (χ1) is 15.1. The highest BCUT2D eigenvalue weighted by Crippen LogP contribution is 2.45. The molecule has 0 spiro atoms. The summed E-state index contributed by atoms with van der Waals surface area (Å²) < 4.78 is 6.96. The number of hydrogen-bond acceptors (Lipinski definition) is 1. The van der Waals surface area contributed by atoms with Gasteiger partial charge in [-0.1, -0.05) is 52.3 Å². The number of ether oxygens (including phenoxy) is 1. The lowest BCUT2D eigenvalue weighted by Crippen LogP contribution is -2.07. The number of hydrogen-bond donors (Lipinski definition) is 2. The lowest BCUT2D eigenvalue weighted by molar-refractivity contribution is 0.340. The monoisotopic (exact) mass is 472 g/mol. The zero-order valence-electron chi connectivity index (χ0n) is 17.9. The lowest BCUT2D eigenvalue weighted by atomic mass is 9.82. The molecule has 31 heavy (non-hydrogen) atoms. The standard InChI is InChI=1S/C27H25BrN2O/c1-4-31-18-13-14-22(28)21(15-18)27(25-16(2)29-23-11-7-5-9-19(23)25)26-17(3)30-24-12-8-6-10-20(24)26/h5-15,27,29-30H,4H2,1-3H3. The molecule has 3 aromatic carbocycles. The van der Waals surface area contributed by atoms with Gasteiger partial charge in [0.1, 0.15) is 5.75 Å². The van der Waals surface area contributed by atoms with Crippen molar-refractivity contribution >= 4 is 37.7 Å². The molecule has 2 aromatic heterocycles. The molecule has 0 saturated carbocycles. The fraction of sp³-hybridized carbons (Fsp3) is 0.185. The molecule has 2 N–H and O–H groups in total. The number of halogens is 1. The van der Waals surface area contributed by atoms with Gasteiger partial charge in [0.25, 0.3) is 0 Å². The van der Waals surface area contributed by atoms with Gasteiger partial charge in [-0.25, -0.2) is 0 Å². The first-order valence-electron chi connectivity index (χ1n) is 10.6. The predicted octanol–water partition coefficient (Wildman–Crippen LogP) is 7.61. The summed E-state index contributed by atoms with van der Waals surface area (Å²) in [6.45, 7) is 7.01. The molecule has 0 aliphatic carbocycles. The van der Waals surface area contributed by atoms with Gasteiger partial charge in [-0.2, -0.15) is 0 Å². The van der Waals surface area contributed by atoms with Crippen molar-refractivity contribution in [2.24, 2.45) is 0 Å². The van der Waals surface area contributed by atoms with Crippen LogP contribution in [0, 0.1) is 13.8 Å². The van der Waals surface area contributed by atoms with Gasteiger partial charge < -0.3 is 14.7 Å². The quantitative estimate of drug-likeness (QED) is 0.271. The summed E-state index contributed by atoms with van der Waals surface area (Å²) in [4.78, 5) is 7.22. The summed E-state index contributed by atoms with van der Waals surface area (Å²) in [5, 5.41) is 2.51. The molecular formula is C27H25BrN2O. The highest BCUT2D eigenvalue weighted by atomic mass is 79.9. The van der Waals surface area contributed by atoms with E-state index in [0.717, 1.165) is 21.3 Å². The third-order valence-electron chi connectivity index (χ3n) is 6.05. The Balaban J connectivity index is 1.87. The number of rotatable bonds is 5. The maximum atomic E-state index is 5.89. The van der Waals surface area contributed by atoms with E-state index in [4.69, 9.17) is 4.74 Å². The molecule has 5 rings (SSSR count). The summed E-state index contributed by atoms with van der Waals surface area (Å²) in [6, 6.07) is 23.4. The molecule has 0 atom stereocenters. The van der Waals surface area contributed by atoms with Crippen LogP contribution in [0.5, 0.6) is 5.75 Å². The summed E-state index contributed by atoms with van der Waals surface area (Å²) in [6.07, 6.45) is 0. The maximum Gasteiger partial charge on any atom is 0.119 e. The molecular weight excluding hydrogens is 448 g/mol. The normalized spacial score (nSPS) is 11.6. The Hall–Kier alpha value is -2.98. The van der Waals surface area contributed by atoms with Crippen LogP contribution in [0.25, 0.3) is 21.8 Å². The van der Waals surface area contributed by atoms with Crippen LogP contribution < -0.4 is 4.74 Å². The number of nitrogens with one attached hydrogen (secondary N) is 2. The molecule has 0 aliphatic heterocycles. The largest absolute Gasteiger partial charge is 0.494 e. The van der Waals surface area contributed by atoms with Gasteiger partial charge in [0, 0.05) is 43.6 Å².